The summed E-state index contributed by atoms with van der Waals surface area (Å²) in [6.07, 6.45) is -4.47. The molecule has 2 heterocycles. The molecule has 0 unspecified atom stereocenters. The molecule has 0 aliphatic carbocycles. The van der Waals surface area contributed by atoms with E-state index in [0.29, 0.717) is 10.5 Å². The van der Waals surface area contributed by atoms with Gasteiger partial charge in [0.15, 0.2) is 6.23 Å². The number of aromatic nitrogens is 1. The highest BCUT2D eigenvalue weighted by molar-refractivity contribution is 6.35. The predicted molar refractivity (Wildman–Crippen MR) is 121 cm³/mol. The van der Waals surface area contributed by atoms with Crippen LogP contribution in [0.5, 0.6) is 5.75 Å². The Hall–Kier alpha value is -2.13. The molecule has 1 aliphatic rings. The lowest BCUT2D eigenvalue weighted by molar-refractivity contribution is -0.250. The second-order valence-electron chi connectivity index (χ2n) is 8.66. The Balaban J connectivity index is 1.87. The van der Waals surface area contributed by atoms with Gasteiger partial charge in [0.1, 0.15) is 30.2 Å². The normalized spacial score (nSPS) is 26.4. The molecule has 1 aromatic heterocycles. The Morgan fingerprint density at radius 1 is 1.03 bits per heavy atom. The lowest BCUT2D eigenvalue weighted by atomic mass is 9.78. The smallest absolute Gasteiger partial charge is 0.163 e. The first-order chi connectivity index (χ1) is 15.2. The van der Waals surface area contributed by atoms with Crippen LogP contribution in [-0.4, -0.2) is 63.1 Å². The second-order valence-corrected chi connectivity index (χ2v) is 9.06. The number of benzene rings is 2. The minimum atomic E-state index is -1.47. The van der Waals surface area contributed by atoms with Gasteiger partial charge in [-0.25, -0.2) is 0 Å². The molecule has 32 heavy (non-hydrogen) atoms. The van der Waals surface area contributed by atoms with Crippen LogP contribution in [0.3, 0.4) is 0 Å². The third-order valence-corrected chi connectivity index (χ3v) is 6.75. The minimum absolute atomic E-state index is 0.477. The molecule has 4 N–H and O–H groups in total. The number of rotatable bonds is 5. The third kappa shape index (κ3) is 3.69. The Morgan fingerprint density at radius 3 is 2.34 bits per heavy atom. The molecule has 0 radical (unpaired) electrons. The van der Waals surface area contributed by atoms with Crippen LogP contribution in [0.4, 0.5) is 0 Å². The highest BCUT2D eigenvalue weighted by atomic mass is 35.5. The number of halogens is 1. The number of aliphatic hydroxyl groups excluding tert-OH is 4. The molecule has 4 rings (SSSR count). The summed E-state index contributed by atoms with van der Waals surface area (Å²) in [6, 6.07) is 13.2. The number of ether oxygens (including phenoxy) is 2. The van der Waals surface area contributed by atoms with E-state index in [4.69, 9.17) is 21.1 Å². The Bertz CT molecular complexity index is 1090. The van der Waals surface area contributed by atoms with Gasteiger partial charge in [0.05, 0.1) is 24.3 Å². The van der Waals surface area contributed by atoms with Crippen molar-refractivity contribution in [1.29, 1.82) is 0 Å². The molecule has 8 heteroatoms. The van der Waals surface area contributed by atoms with Gasteiger partial charge >= 0.3 is 0 Å². The predicted octanol–water partition coefficient (Wildman–Crippen LogP) is 2.60. The first-order valence-electron chi connectivity index (χ1n) is 10.4. The van der Waals surface area contributed by atoms with Gasteiger partial charge in [-0.15, -0.1) is 0 Å². The van der Waals surface area contributed by atoms with E-state index in [9.17, 15) is 20.4 Å². The van der Waals surface area contributed by atoms with Crippen LogP contribution in [0.25, 0.3) is 10.9 Å². The summed E-state index contributed by atoms with van der Waals surface area (Å²) in [4.78, 5) is 0. The fraction of sp³-hybridized carbons (Fsp3) is 0.417. The number of nitrogens with zero attached hydrogens (tertiary/aromatic N) is 1. The van der Waals surface area contributed by atoms with Crippen LogP contribution < -0.4 is 4.74 Å². The van der Waals surface area contributed by atoms with Crippen molar-refractivity contribution in [3.63, 3.8) is 0 Å². The Kier molecular flexibility index (Phi) is 6.24. The van der Waals surface area contributed by atoms with Gasteiger partial charge in [-0.05, 0) is 35.4 Å². The number of hydrogen-bond donors (Lipinski definition) is 4. The number of hydrogen-bond acceptors (Lipinski definition) is 6. The van der Waals surface area contributed by atoms with Gasteiger partial charge in [-0.3, -0.25) is 0 Å². The summed E-state index contributed by atoms with van der Waals surface area (Å²) in [5.41, 5.74) is 2.17. The molecule has 7 nitrogen and oxygen atoms in total. The van der Waals surface area contributed by atoms with E-state index in [-0.39, 0.29) is 0 Å². The van der Waals surface area contributed by atoms with Crippen LogP contribution in [0.15, 0.2) is 48.7 Å². The van der Waals surface area contributed by atoms with E-state index in [1.807, 2.05) is 36.5 Å². The summed E-state index contributed by atoms with van der Waals surface area (Å²) in [5, 5.41) is 42.1. The molecule has 0 spiro atoms. The molecule has 3 aromatic rings. The first-order valence-corrected chi connectivity index (χ1v) is 10.8. The highest BCUT2D eigenvalue weighted by Gasteiger charge is 2.45. The molecule has 2 aromatic carbocycles. The fourth-order valence-electron chi connectivity index (χ4n) is 4.43. The highest BCUT2D eigenvalue weighted by Crippen LogP contribution is 2.42. The van der Waals surface area contributed by atoms with Crippen LogP contribution >= 0.6 is 11.6 Å². The van der Waals surface area contributed by atoms with Gasteiger partial charge in [-0.2, -0.15) is 0 Å². The zero-order valence-corrected chi connectivity index (χ0v) is 18.9. The largest absolute Gasteiger partial charge is 0.497 e. The quantitative estimate of drug-likeness (QED) is 0.465. The van der Waals surface area contributed by atoms with Gasteiger partial charge in [0, 0.05) is 17.0 Å². The molecule has 172 valence electrons. The zero-order chi connectivity index (χ0) is 23.2. The molecule has 0 amide bonds. The van der Waals surface area contributed by atoms with Gasteiger partial charge in [-0.1, -0.05) is 43.6 Å². The van der Waals surface area contributed by atoms with Crippen LogP contribution in [0.1, 0.15) is 31.2 Å². The van der Waals surface area contributed by atoms with E-state index >= 15 is 0 Å². The van der Waals surface area contributed by atoms with Crippen molar-refractivity contribution in [3.8, 4) is 5.75 Å². The van der Waals surface area contributed by atoms with Crippen molar-refractivity contribution in [3.05, 3.63) is 64.8 Å². The standard InChI is InChI=1S/C24H28ClNO6/c1-24(2,13-7-9-14(31-3)10-8-13)15-11-26(17-6-4-5-16(25)19(15)17)23-22(30)21(29)20(28)18(12-27)32-23/h4-11,18,20-23,27-30H,12H2,1-3H3/t18-,20-,21+,22-,23-/m1/s1. The zero-order valence-electron chi connectivity index (χ0n) is 18.1. The van der Waals surface area contributed by atoms with Crippen LogP contribution in [-0.2, 0) is 10.2 Å². The van der Waals surface area contributed by atoms with Gasteiger partial charge in [0.2, 0.25) is 0 Å². The maximum Gasteiger partial charge on any atom is 0.163 e. The maximum absolute atomic E-state index is 10.7. The fourth-order valence-corrected chi connectivity index (χ4v) is 4.70. The summed E-state index contributed by atoms with van der Waals surface area (Å²) < 4.78 is 12.8. The van der Waals surface area contributed by atoms with Crippen molar-refractivity contribution in [2.24, 2.45) is 0 Å². The molecular formula is C24H28ClNO6. The summed E-state index contributed by atoms with van der Waals surface area (Å²) in [7, 11) is 1.62. The van der Waals surface area contributed by atoms with Crippen LogP contribution in [0, 0.1) is 0 Å². The second kappa shape index (κ2) is 8.67. The Morgan fingerprint density at radius 2 is 1.72 bits per heavy atom. The van der Waals surface area contributed by atoms with Gasteiger partial charge in [0.25, 0.3) is 0 Å². The maximum atomic E-state index is 10.7. The van der Waals surface area contributed by atoms with E-state index < -0.39 is 42.7 Å². The Labute approximate surface area is 191 Å². The number of fused-ring (bicyclic) bond motifs is 1. The number of aliphatic hydroxyl groups is 4. The molecule has 1 aliphatic heterocycles. The molecule has 1 saturated heterocycles. The van der Waals surface area contributed by atoms with E-state index in [0.717, 1.165) is 22.3 Å². The van der Waals surface area contributed by atoms with Gasteiger partial charge < -0.3 is 34.5 Å². The van der Waals surface area contributed by atoms with E-state index in [1.165, 1.54) is 0 Å². The van der Waals surface area contributed by atoms with Crippen molar-refractivity contribution >= 4 is 22.5 Å². The lowest BCUT2D eigenvalue weighted by Crippen LogP contribution is -2.56. The average molecular weight is 462 g/mol. The molecule has 0 saturated carbocycles. The van der Waals surface area contributed by atoms with Crippen molar-refractivity contribution in [1.82, 2.24) is 4.57 Å². The van der Waals surface area contributed by atoms with Crippen LogP contribution in [0.2, 0.25) is 5.02 Å². The van der Waals surface area contributed by atoms with Crippen molar-refractivity contribution in [2.75, 3.05) is 13.7 Å². The lowest BCUT2D eigenvalue weighted by Gasteiger charge is -2.40. The summed E-state index contributed by atoms with van der Waals surface area (Å²) >= 11 is 6.63. The molecular weight excluding hydrogens is 434 g/mol. The number of methoxy groups -OCH3 is 1. The molecule has 1 fully saturated rings. The SMILES string of the molecule is COc1ccc(C(C)(C)c2cn([C@@H]3O[C@H](CO)[C@@H](O)[C@H](O)[C@H]3O)c3cccc(Cl)c23)cc1. The summed E-state index contributed by atoms with van der Waals surface area (Å²) in [6.45, 7) is 3.65. The molecule has 0 bridgehead atoms. The van der Waals surface area contributed by atoms with Crippen molar-refractivity contribution < 1.29 is 29.9 Å². The summed E-state index contributed by atoms with van der Waals surface area (Å²) in [5.74, 6) is 0.756. The first kappa shape index (κ1) is 23.0. The molecule has 5 atom stereocenters. The topological polar surface area (TPSA) is 104 Å². The third-order valence-electron chi connectivity index (χ3n) is 6.43. The van der Waals surface area contributed by atoms with Crippen molar-refractivity contribution in [2.45, 2.75) is 49.9 Å². The van der Waals surface area contributed by atoms with E-state index in [2.05, 4.69) is 13.8 Å². The monoisotopic (exact) mass is 461 g/mol. The average Bonchev–Trinajstić information content (AvgIpc) is 3.19. The van der Waals surface area contributed by atoms with E-state index in [1.54, 1.807) is 23.8 Å². The minimum Gasteiger partial charge on any atom is -0.497 e.